The van der Waals surface area contributed by atoms with Gasteiger partial charge in [0.1, 0.15) is 0 Å². The van der Waals surface area contributed by atoms with Gasteiger partial charge in [0.25, 0.3) is 0 Å². The first-order valence-electron chi connectivity index (χ1n) is 7.21. The Hall–Kier alpha value is -1.35. The van der Waals surface area contributed by atoms with E-state index in [0.717, 1.165) is 19.3 Å². The molecule has 0 saturated heterocycles. The number of carbonyl (C=O) groups excluding carboxylic acids is 1. The van der Waals surface area contributed by atoms with E-state index in [0.29, 0.717) is 6.54 Å². The molecule has 0 heterocycles. The molecule has 3 heteroatoms. The summed E-state index contributed by atoms with van der Waals surface area (Å²) in [5, 5.41) is 3.19. The first-order chi connectivity index (χ1) is 9.13. The predicted octanol–water partition coefficient (Wildman–Crippen LogP) is 2.41. The average molecular weight is 260 g/mol. The molecule has 1 aliphatic rings. The Morgan fingerprint density at radius 1 is 1.42 bits per heavy atom. The highest BCUT2D eigenvalue weighted by atomic mass is 16.2. The van der Waals surface area contributed by atoms with Crippen LogP contribution in [0.3, 0.4) is 0 Å². The third kappa shape index (κ3) is 3.16. The summed E-state index contributed by atoms with van der Waals surface area (Å²) in [4.78, 5) is 12.3. The van der Waals surface area contributed by atoms with E-state index in [1.165, 1.54) is 11.1 Å². The summed E-state index contributed by atoms with van der Waals surface area (Å²) in [6, 6.07) is 8.57. The minimum Gasteiger partial charge on any atom is -0.349 e. The lowest BCUT2D eigenvalue weighted by Crippen LogP contribution is -2.40. The molecule has 1 aromatic carbocycles. The number of rotatable bonds is 4. The zero-order valence-electron chi connectivity index (χ0n) is 11.9. The van der Waals surface area contributed by atoms with Crippen molar-refractivity contribution >= 4 is 5.91 Å². The predicted molar refractivity (Wildman–Crippen MR) is 77.6 cm³/mol. The van der Waals surface area contributed by atoms with Gasteiger partial charge in [-0.3, -0.25) is 4.79 Å². The summed E-state index contributed by atoms with van der Waals surface area (Å²) >= 11 is 0. The molecule has 2 unspecified atom stereocenters. The molecule has 2 rings (SSSR count). The number of fused-ring (bicyclic) bond motifs is 1. The minimum atomic E-state index is -0.0888. The Bertz CT molecular complexity index is 442. The van der Waals surface area contributed by atoms with Crippen LogP contribution in [0.2, 0.25) is 0 Å². The zero-order chi connectivity index (χ0) is 13.8. The SMILES string of the molecule is CC(C)C(CN)C(=O)NC1CCCc2ccccc21. The number of amides is 1. The van der Waals surface area contributed by atoms with Crippen molar-refractivity contribution in [3.8, 4) is 0 Å². The molecule has 0 saturated carbocycles. The Labute approximate surface area is 115 Å². The second-order valence-electron chi connectivity index (χ2n) is 5.74. The standard InChI is InChI=1S/C16H24N2O/c1-11(2)14(10-17)16(19)18-15-9-5-7-12-6-3-4-8-13(12)15/h3-4,6,8,11,14-15H,5,7,9-10,17H2,1-2H3,(H,18,19). The number of hydrogen-bond acceptors (Lipinski definition) is 2. The smallest absolute Gasteiger partial charge is 0.225 e. The van der Waals surface area contributed by atoms with Gasteiger partial charge in [-0.05, 0) is 36.3 Å². The normalized spacial score (nSPS) is 19.9. The fourth-order valence-corrected chi connectivity index (χ4v) is 2.86. The highest BCUT2D eigenvalue weighted by Crippen LogP contribution is 2.29. The maximum Gasteiger partial charge on any atom is 0.225 e. The second-order valence-corrected chi connectivity index (χ2v) is 5.74. The van der Waals surface area contributed by atoms with Crippen molar-refractivity contribution in [1.29, 1.82) is 0 Å². The molecular weight excluding hydrogens is 236 g/mol. The fraction of sp³-hybridized carbons (Fsp3) is 0.562. The molecule has 0 bridgehead atoms. The van der Waals surface area contributed by atoms with Crippen LogP contribution in [0.5, 0.6) is 0 Å². The van der Waals surface area contributed by atoms with Crippen LogP contribution in [0.1, 0.15) is 43.9 Å². The molecule has 0 radical (unpaired) electrons. The molecule has 2 atom stereocenters. The molecule has 0 aromatic heterocycles. The maximum atomic E-state index is 12.3. The van der Waals surface area contributed by atoms with Crippen molar-refractivity contribution in [2.24, 2.45) is 17.6 Å². The quantitative estimate of drug-likeness (QED) is 0.873. The van der Waals surface area contributed by atoms with Gasteiger partial charge in [-0.15, -0.1) is 0 Å². The van der Waals surface area contributed by atoms with Gasteiger partial charge < -0.3 is 11.1 Å². The molecule has 104 valence electrons. The summed E-state index contributed by atoms with van der Waals surface area (Å²) in [6.07, 6.45) is 3.28. The maximum absolute atomic E-state index is 12.3. The van der Waals surface area contributed by atoms with Gasteiger partial charge in [0.15, 0.2) is 0 Å². The van der Waals surface area contributed by atoms with Gasteiger partial charge in [0.2, 0.25) is 5.91 Å². The van der Waals surface area contributed by atoms with Crippen molar-refractivity contribution < 1.29 is 4.79 Å². The van der Waals surface area contributed by atoms with Gasteiger partial charge in [-0.25, -0.2) is 0 Å². The number of nitrogens with two attached hydrogens (primary N) is 1. The summed E-state index contributed by atoms with van der Waals surface area (Å²) in [7, 11) is 0. The first-order valence-corrected chi connectivity index (χ1v) is 7.21. The lowest BCUT2D eigenvalue weighted by molar-refractivity contribution is -0.126. The van der Waals surface area contributed by atoms with Gasteiger partial charge in [0, 0.05) is 6.54 Å². The van der Waals surface area contributed by atoms with Gasteiger partial charge in [-0.1, -0.05) is 38.1 Å². The lowest BCUT2D eigenvalue weighted by atomic mass is 9.87. The molecule has 0 fully saturated rings. The lowest BCUT2D eigenvalue weighted by Gasteiger charge is -2.28. The topological polar surface area (TPSA) is 55.1 Å². The van der Waals surface area contributed by atoms with Crippen LogP contribution in [0.15, 0.2) is 24.3 Å². The van der Waals surface area contributed by atoms with Crippen LogP contribution in [-0.2, 0) is 11.2 Å². The number of carbonyl (C=O) groups is 1. The van der Waals surface area contributed by atoms with Crippen molar-refractivity contribution in [3.05, 3.63) is 35.4 Å². The van der Waals surface area contributed by atoms with Crippen LogP contribution in [0.4, 0.5) is 0 Å². The van der Waals surface area contributed by atoms with E-state index in [1.54, 1.807) is 0 Å². The molecule has 0 aliphatic heterocycles. The molecule has 3 nitrogen and oxygen atoms in total. The molecule has 1 aliphatic carbocycles. The van der Waals surface area contributed by atoms with Crippen molar-refractivity contribution in [2.75, 3.05) is 6.54 Å². The van der Waals surface area contributed by atoms with E-state index in [9.17, 15) is 4.79 Å². The third-order valence-electron chi connectivity index (χ3n) is 4.08. The summed E-state index contributed by atoms with van der Waals surface area (Å²) in [5.41, 5.74) is 8.36. The van der Waals surface area contributed by atoms with Crippen molar-refractivity contribution in [3.63, 3.8) is 0 Å². The van der Waals surface area contributed by atoms with E-state index in [2.05, 4.69) is 23.5 Å². The van der Waals surface area contributed by atoms with Crippen LogP contribution >= 0.6 is 0 Å². The van der Waals surface area contributed by atoms with Crippen LogP contribution < -0.4 is 11.1 Å². The zero-order valence-corrected chi connectivity index (χ0v) is 11.9. The largest absolute Gasteiger partial charge is 0.349 e. The molecule has 3 N–H and O–H groups in total. The van der Waals surface area contributed by atoms with E-state index >= 15 is 0 Å². The minimum absolute atomic E-state index is 0.0888. The van der Waals surface area contributed by atoms with Gasteiger partial charge >= 0.3 is 0 Å². The Balaban J connectivity index is 2.10. The molecular formula is C16H24N2O. The summed E-state index contributed by atoms with van der Waals surface area (Å²) in [6.45, 7) is 4.51. The van der Waals surface area contributed by atoms with Crippen LogP contribution in [0.25, 0.3) is 0 Å². The monoisotopic (exact) mass is 260 g/mol. The second kappa shape index (κ2) is 6.20. The van der Waals surface area contributed by atoms with Crippen LogP contribution in [-0.4, -0.2) is 12.5 Å². The number of benzene rings is 1. The van der Waals surface area contributed by atoms with Gasteiger partial charge in [-0.2, -0.15) is 0 Å². The van der Waals surface area contributed by atoms with E-state index in [4.69, 9.17) is 5.73 Å². The molecule has 1 amide bonds. The fourth-order valence-electron chi connectivity index (χ4n) is 2.86. The summed E-state index contributed by atoms with van der Waals surface area (Å²) < 4.78 is 0. The highest BCUT2D eigenvalue weighted by molar-refractivity contribution is 5.79. The van der Waals surface area contributed by atoms with Crippen molar-refractivity contribution in [1.82, 2.24) is 5.32 Å². The van der Waals surface area contributed by atoms with E-state index in [1.807, 2.05) is 19.9 Å². The van der Waals surface area contributed by atoms with Crippen LogP contribution in [0, 0.1) is 11.8 Å². The molecule has 0 spiro atoms. The van der Waals surface area contributed by atoms with E-state index in [-0.39, 0.29) is 23.8 Å². The third-order valence-corrected chi connectivity index (χ3v) is 4.08. The molecule has 1 aromatic rings. The van der Waals surface area contributed by atoms with Crippen molar-refractivity contribution in [2.45, 2.75) is 39.2 Å². The van der Waals surface area contributed by atoms with Gasteiger partial charge in [0.05, 0.1) is 12.0 Å². The average Bonchev–Trinajstić information content (AvgIpc) is 2.39. The number of aryl methyl sites for hydroxylation is 1. The number of hydrogen-bond donors (Lipinski definition) is 2. The number of nitrogens with one attached hydrogen (secondary N) is 1. The van der Waals surface area contributed by atoms with E-state index < -0.39 is 0 Å². The Morgan fingerprint density at radius 3 is 2.84 bits per heavy atom. The Kier molecular flexibility index (Phi) is 4.59. The highest BCUT2D eigenvalue weighted by Gasteiger charge is 2.26. The summed E-state index contributed by atoms with van der Waals surface area (Å²) in [5.74, 6) is 0.289. The first kappa shape index (κ1) is 14.1. The Morgan fingerprint density at radius 2 is 2.16 bits per heavy atom. The molecule has 19 heavy (non-hydrogen) atoms.